The van der Waals surface area contributed by atoms with Crippen LogP contribution in [0.25, 0.3) is 55.0 Å². The highest BCUT2D eigenvalue weighted by Crippen LogP contribution is 2.38. The molecule has 9 rings (SSSR count). The summed E-state index contributed by atoms with van der Waals surface area (Å²) in [7, 11) is 0. The zero-order chi connectivity index (χ0) is 23.3. The Hall–Kier alpha value is -4.68. The minimum Gasteiger partial charge on any atom is -0.310 e. The molecule has 160 valence electrons. The molecule has 4 heterocycles. The van der Waals surface area contributed by atoms with Gasteiger partial charge in [-0.15, -0.1) is 12.8 Å². The predicted octanol–water partition coefficient (Wildman–Crippen LogP) is 5.27. The molecule has 0 amide bonds. The Kier molecular flexibility index (Phi) is 3.46. The Bertz CT molecular complexity index is 1900. The van der Waals surface area contributed by atoms with E-state index in [1.165, 1.54) is 71.4 Å². The quantitative estimate of drug-likeness (QED) is 0.224. The second kappa shape index (κ2) is 6.47. The summed E-state index contributed by atoms with van der Waals surface area (Å²) in [6.45, 7) is 0.234. The Morgan fingerprint density at radius 1 is 0.457 bits per heavy atom. The number of nitrogens with zero attached hydrogens (tertiary/aromatic N) is 2. The zero-order valence-corrected chi connectivity index (χ0v) is 18.9. The molecular formula is C32H19BN2. The normalized spacial score (nSPS) is 12.7. The van der Waals surface area contributed by atoms with Gasteiger partial charge in [0.05, 0.1) is 11.0 Å². The number of rotatable bonds is 0. The van der Waals surface area contributed by atoms with Gasteiger partial charge in [0, 0.05) is 44.0 Å². The maximum atomic E-state index is 4.00. The van der Waals surface area contributed by atoms with Gasteiger partial charge in [-0.1, -0.05) is 78.9 Å². The first-order chi connectivity index (χ1) is 17.4. The number of terminal acetylenes is 1. The lowest BCUT2D eigenvalue weighted by atomic mass is 9.34. The molecule has 0 saturated heterocycles. The monoisotopic (exact) mass is 442 g/mol. The number of hydrogen-bond donors (Lipinski definition) is 0. The van der Waals surface area contributed by atoms with Crippen molar-refractivity contribution in [3.63, 3.8) is 0 Å². The molecule has 7 aromatic rings. The highest BCUT2D eigenvalue weighted by molar-refractivity contribution is 7.00. The fraction of sp³-hybridized carbons (Fsp3) is 0. The van der Waals surface area contributed by atoms with E-state index in [1.54, 1.807) is 0 Å². The molecule has 5 aromatic carbocycles. The molecule has 0 fully saturated rings. The van der Waals surface area contributed by atoms with E-state index in [4.69, 9.17) is 0 Å². The van der Waals surface area contributed by atoms with Crippen molar-refractivity contribution in [2.45, 2.75) is 0 Å². The molecule has 2 nitrogen and oxygen atoms in total. The summed E-state index contributed by atoms with van der Waals surface area (Å²) in [5.74, 6) is 0. The van der Waals surface area contributed by atoms with Crippen LogP contribution in [0, 0.1) is 12.8 Å². The first-order valence-corrected chi connectivity index (χ1v) is 11.9. The number of para-hydroxylation sites is 4. The summed E-state index contributed by atoms with van der Waals surface area (Å²) >= 11 is 0. The molecule has 0 aliphatic carbocycles. The topological polar surface area (TPSA) is 9.86 Å². The average molecular weight is 442 g/mol. The van der Waals surface area contributed by atoms with E-state index in [-0.39, 0.29) is 6.71 Å². The van der Waals surface area contributed by atoms with Crippen molar-refractivity contribution in [1.29, 1.82) is 0 Å². The van der Waals surface area contributed by atoms with Crippen molar-refractivity contribution in [2.75, 3.05) is 0 Å². The Morgan fingerprint density at radius 3 is 1.40 bits per heavy atom. The van der Waals surface area contributed by atoms with Crippen LogP contribution in [0.3, 0.4) is 0 Å². The van der Waals surface area contributed by atoms with Gasteiger partial charge in [-0.3, -0.25) is 0 Å². The highest BCUT2D eigenvalue weighted by atomic mass is 15.0. The smallest absolute Gasteiger partial charge is 0.252 e. The fourth-order valence-electron chi connectivity index (χ4n) is 6.76. The molecule has 0 unspecified atom stereocenters. The van der Waals surface area contributed by atoms with E-state index >= 15 is 0 Å². The first-order valence-electron chi connectivity index (χ1n) is 11.9. The van der Waals surface area contributed by atoms with E-state index in [9.17, 15) is 0 Å². The Balaban J connectivity index is 0.000000958. The van der Waals surface area contributed by atoms with E-state index in [2.05, 4.69) is 125 Å². The van der Waals surface area contributed by atoms with Crippen LogP contribution in [0.4, 0.5) is 0 Å². The predicted molar refractivity (Wildman–Crippen MR) is 150 cm³/mol. The van der Waals surface area contributed by atoms with E-state index in [0.717, 1.165) is 0 Å². The lowest BCUT2D eigenvalue weighted by molar-refractivity contribution is 1.14. The van der Waals surface area contributed by atoms with Gasteiger partial charge in [-0.05, 0) is 40.7 Å². The van der Waals surface area contributed by atoms with Gasteiger partial charge >= 0.3 is 0 Å². The summed E-state index contributed by atoms with van der Waals surface area (Å²) in [5.41, 5.74) is 12.1. The summed E-state index contributed by atoms with van der Waals surface area (Å²) < 4.78 is 5.01. The van der Waals surface area contributed by atoms with Crippen LogP contribution in [0.5, 0.6) is 0 Å². The van der Waals surface area contributed by atoms with Crippen LogP contribution in [0.2, 0.25) is 0 Å². The molecule has 0 spiro atoms. The van der Waals surface area contributed by atoms with Gasteiger partial charge in [0.1, 0.15) is 0 Å². The van der Waals surface area contributed by atoms with Gasteiger partial charge in [0.15, 0.2) is 0 Å². The fourth-order valence-corrected chi connectivity index (χ4v) is 6.76. The molecule has 0 bridgehead atoms. The summed E-state index contributed by atoms with van der Waals surface area (Å²) in [4.78, 5) is 0. The van der Waals surface area contributed by atoms with Crippen LogP contribution >= 0.6 is 0 Å². The maximum Gasteiger partial charge on any atom is 0.252 e. The van der Waals surface area contributed by atoms with Crippen LogP contribution in [0.1, 0.15) is 0 Å². The third-order valence-electron chi connectivity index (χ3n) is 7.90. The van der Waals surface area contributed by atoms with Crippen LogP contribution in [-0.2, 0) is 0 Å². The van der Waals surface area contributed by atoms with Gasteiger partial charge in [0.2, 0.25) is 0 Å². The van der Waals surface area contributed by atoms with Crippen molar-refractivity contribution < 1.29 is 0 Å². The number of benzene rings is 5. The van der Waals surface area contributed by atoms with Crippen molar-refractivity contribution in [3.8, 4) is 24.2 Å². The molecular weight excluding hydrogens is 423 g/mol. The molecule has 0 saturated carbocycles. The number of aromatic nitrogens is 2. The second-order valence-electron chi connectivity index (χ2n) is 9.33. The van der Waals surface area contributed by atoms with Crippen molar-refractivity contribution in [2.24, 2.45) is 0 Å². The third-order valence-corrected chi connectivity index (χ3v) is 7.90. The van der Waals surface area contributed by atoms with E-state index < -0.39 is 0 Å². The molecule has 35 heavy (non-hydrogen) atoms. The number of hydrogen-bond acceptors (Lipinski definition) is 0. The van der Waals surface area contributed by atoms with Gasteiger partial charge in [0.25, 0.3) is 6.71 Å². The third kappa shape index (κ3) is 2.05. The Labute approximate surface area is 203 Å². The standard InChI is InChI=1S/C30H17BN2.C2H2/c1-3-14-24-18(8-1)20-10-5-12-22-29(20)32(24)26-16-7-17-27-28(26)31(22)23-13-6-11-21-19-9-2-4-15-25(19)33(27)30(21)23;1-2/h1-17H;1-2H. The SMILES string of the molecule is C#C.c1cc2c3c(c1)-n1c4ccccc4c4cccc(c41)B3c1cccc3c4ccccc4n-2c13. The van der Waals surface area contributed by atoms with Crippen molar-refractivity contribution in [3.05, 3.63) is 103 Å². The molecule has 0 N–H and O–H groups in total. The summed E-state index contributed by atoms with van der Waals surface area (Å²) in [6, 6.07) is 38.3. The lowest BCUT2D eigenvalue weighted by Crippen LogP contribution is -2.59. The summed E-state index contributed by atoms with van der Waals surface area (Å²) in [5, 5.41) is 5.35. The summed E-state index contributed by atoms with van der Waals surface area (Å²) in [6.07, 6.45) is 8.00. The molecule has 2 aliphatic rings. The molecule has 0 atom stereocenters. The minimum absolute atomic E-state index is 0.234. The van der Waals surface area contributed by atoms with Crippen molar-refractivity contribution >= 4 is 66.7 Å². The molecule has 0 radical (unpaired) electrons. The second-order valence-corrected chi connectivity index (χ2v) is 9.33. The van der Waals surface area contributed by atoms with Crippen LogP contribution < -0.4 is 16.4 Å². The average Bonchev–Trinajstić information content (AvgIpc) is 3.45. The number of fused-ring (bicyclic) bond motifs is 10. The van der Waals surface area contributed by atoms with Crippen molar-refractivity contribution in [1.82, 2.24) is 9.13 Å². The van der Waals surface area contributed by atoms with Crippen LogP contribution in [0.15, 0.2) is 103 Å². The maximum absolute atomic E-state index is 4.00. The van der Waals surface area contributed by atoms with E-state index in [1.807, 2.05) is 0 Å². The van der Waals surface area contributed by atoms with Crippen LogP contribution in [-0.4, -0.2) is 15.8 Å². The highest BCUT2D eigenvalue weighted by Gasteiger charge is 2.40. The van der Waals surface area contributed by atoms with Gasteiger partial charge in [-0.2, -0.15) is 0 Å². The minimum atomic E-state index is 0.234. The van der Waals surface area contributed by atoms with Gasteiger partial charge < -0.3 is 9.13 Å². The molecule has 3 heteroatoms. The van der Waals surface area contributed by atoms with E-state index in [0.29, 0.717) is 0 Å². The van der Waals surface area contributed by atoms with Gasteiger partial charge in [-0.25, -0.2) is 0 Å². The largest absolute Gasteiger partial charge is 0.310 e. The lowest BCUT2D eigenvalue weighted by Gasteiger charge is -2.33. The molecule has 2 aliphatic heterocycles. The first kappa shape index (κ1) is 18.7. The molecule has 2 aromatic heterocycles. The zero-order valence-electron chi connectivity index (χ0n) is 18.9. The Morgan fingerprint density at radius 2 is 0.886 bits per heavy atom.